The summed E-state index contributed by atoms with van der Waals surface area (Å²) in [5.41, 5.74) is 1.11. The molecule has 21 heavy (non-hydrogen) atoms. The lowest BCUT2D eigenvalue weighted by atomic mass is 10.2. The number of aryl methyl sites for hydroxylation is 1. The molecule has 0 fully saturated rings. The van der Waals surface area contributed by atoms with Gasteiger partial charge in [-0.05, 0) is 37.3 Å². The van der Waals surface area contributed by atoms with E-state index in [0.717, 1.165) is 6.26 Å². The minimum atomic E-state index is -3.25. The van der Waals surface area contributed by atoms with Gasteiger partial charge in [-0.1, -0.05) is 0 Å². The van der Waals surface area contributed by atoms with Crippen molar-refractivity contribution in [3.8, 4) is 0 Å². The van der Waals surface area contributed by atoms with Crippen molar-refractivity contribution in [2.75, 3.05) is 6.26 Å². The second kappa shape index (κ2) is 6.01. The van der Waals surface area contributed by atoms with E-state index in [1.807, 2.05) is 0 Å². The van der Waals surface area contributed by atoms with Gasteiger partial charge in [0.25, 0.3) is 5.91 Å². The zero-order chi connectivity index (χ0) is 15.5. The van der Waals surface area contributed by atoms with Gasteiger partial charge in [0, 0.05) is 18.0 Å². The molecular formula is C14H15N3O3S. The van der Waals surface area contributed by atoms with Crippen LogP contribution in [0.25, 0.3) is 0 Å². The van der Waals surface area contributed by atoms with E-state index in [1.54, 1.807) is 19.2 Å². The summed E-state index contributed by atoms with van der Waals surface area (Å²) in [7, 11) is -3.25. The molecule has 1 amide bonds. The Kier molecular flexibility index (Phi) is 4.32. The fraction of sp³-hybridized carbons (Fsp3) is 0.214. The molecular weight excluding hydrogens is 290 g/mol. The largest absolute Gasteiger partial charge is 0.346 e. The van der Waals surface area contributed by atoms with Gasteiger partial charge in [-0.15, -0.1) is 0 Å². The lowest BCUT2D eigenvalue weighted by Gasteiger charge is -2.06. The Bertz CT molecular complexity index is 755. The molecule has 0 aliphatic carbocycles. The van der Waals surface area contributed by atoms with Crippen molar-refractivity contribution < 1.29 is 13.2 Å². The number of hydrogen-bond donors (Lipinski definition) is 1. The van der Waals surface area contributed by atoms with Crippen LogP contribution in [0.1, 0.15) is 21.9 Å². The van der Waals surface area contributed by atoms with Crippen LogP contribution in [-0.4, -0.2) is 30.5 Å². The number of sulfone groups is 1. The van der Waals surface area contributed by atoms with E-state index in [0.29, 0.717) is 17.1 Å². The maximum Gasteiger partial charge on any atom is 0.251 e. The normalized spacial score (nSPS) is 11.1. The standard InChI is InChI=1S/C14H15N3O3S/c1-10-15-8-7-12(17-10)9-16-14(18)11-3-5-13(6-4-11)21(2,19)20/h3-8H,9H2,1-2H3,(H,16,18). The zero-order valence-corrected chi connectivity index (χ0v) is 12.5. The molecule has 0 saturated heterocycles. The van der Waals surface area contributed by atoms with E-state index >= 15 is 0 Å². The van der Waals surface area contributed by atoms with Crippen LogP contribution in [0.2, 0.25) is 0 Å². The summed E-state index contributed by atoms with van der Waals surface area (Å²) < 4.78 is 22.7. The molecule has 0 saturated carbocycles. The quantitative estimate of drug-likeness (QED) is 0.914. The highest BCUT2D eigenvalue weighted by Gasteiger charge is 2.10. The van der Waals surface area contributed by atoms with Gasteiger partial charge in [0.15, 0.2) is 9.84 Å². The van der Waals surface area contributed by atoms with Gasteiger partial charge in [0.1, 0.15) is 5.82 Å². The van der Waals surface area contributed by atoms with Crippen LogP contribution in [0.5, 0.6) is 0 Å². The molecule has 0 atom stereocenters. The maximum absolute atomic E-state index is 12.0. The minimum absolute atomic E-state index is 0.186. The second-order valence-electron chi connectivity index (χ2n) is 4.57. The van der Waals surface area contributed by atoms with Gasteiger partial charge in [0.05, 0.1) is 17.1 Å². The van der Waals surface area contributed by atoms with Gasteiger partial charge in [0.2, 0.25) is 0 Å². The number of aromatic nitrogens is 2. The van der Waals surface area contributed by atoms with Crippen molar-refractivity contribution in [2.24, 2.45) is 0 Å². The molecule has 0 aliphatic heterocycles. The SMILES string of the molecule is Cc1nccc(CNC(=O)c2ccc(S(C)(=O)=O)cc2)n1. The van der Waals surface area contributed by atoms with Crippen LogP contribution in [0.4, 0.5) is 0 Å². The van der Waals surface area contributed by atoms with Crippen molar-refractivity contribution in [1.82, 2.24) is 15.3 Å². The molecule has 0 bridgehead atoms. The van der Waals surface area contributed by atoms with Crippen molar-refractivity contribution in [1.29, 1.82) is 0 Å². The average Bonchev–Trinajstić information content (AvgIpc) is 2.44. The molecule has 1 heterocycles. The Morgan fingerprint density at radius 3 is 2.43 bits per heavy atom. The fourth-order valence-corrected chi connectivity index (χ4v) is 2.36. The summed E-state index contributed by atoms with van der Waals surface area (Å²) in [6, 6.07) is 7.52. The molecule has 2 rings (SSSR count). The van der Waals surface area contributed by atoms with Gasteiger partial charge in [-0.2, -0.15) is 0 Å². The third-order valence-corrected chi connectivity index (χ3v) is 3.94. The Balaban J connectivity index is 2.04. The topological polar surface area (TPSA) is 89.0 Å². The van der Waals surface area contributed by atoms with Crippen LogP contribution < -0.4 is 5.32 Å². The Hall–Kier alpha value is -2.28. The van der Waals surface area contributed by atoms with Crippen LogP contribution in [0.3, 0.4) is 0 Å². The number of carbonyl (C=O) groups excluding carboxylic acids is 1. The number of carbonyl (C=O) groups is 1. The molecule has 2 aromatic rings. The lowest BCUT2D eigenvalue weighted by Crippen LogP contribution is -2.23. The first kappa shape index (κ1) is 15.1. The number of hydrogen-bond acceptors (Lipinski definition) is 5. The van der Waals surface area contributed by atoms with E-state index in [2.05, 4.69) is 15.3 Å². The van der Waals surface area contributed by atoms with Crippen LogP contribution in [0, 0.1) is 6.92 Å². The van der Waals surface area contributed by atoms with Crippen molar-refractivity contribution >= 4 is 15.7 Å². The number of nitrogens with zero attached hydrogens (tertiary/aromatic N) is 2. The van der Waals surface area contributed by atoms with Crippen molar-refractivity contribution in [2.45, 2.75) is 18.4 Å². The van der Waals surface area contributed by atoms with Crippen LogP contribution in [-0.2, 0) is 16.4 Å². The molecule has 1 aromatic heterocycles. The van der Waals surface area contributed by atoms with E-state index in [1.165, 1.54) is 24.3 Å². The number of rotatable bonds is 4. The average molecular weight is 305 g/mol. The summed E-state index contributed by atoms with van der Waals surface area (Å²) in [5.74, 6) is 0.352. The van der Waals surface area contributed by atoms with Gasteiger partial charge in [-0.3, -0.25) is 4.79 Å². The summed E-state index contributed by atoms with van der Waals surface area (Å²) in [6.07, 6.45) is 2.75. The van der Waals surface area contributed by atoms with Crippen LogP contribution in [0.15, 0.2) is 41.4 Å². The summed E-state index contributed by atoms with van der Waals surface area (Å²) in [6.45, 7) is 2.06. The molecule has 0 spiro atoms. The Morgan fingerprint density at radius 1 is 1.19 bits per heavy atom. The minimum Gasteiger partial charge on any atom is -0.346 e. The summed E-state index contributed by atoms with van der Waals surface area (Å²) >= 11 is 0. The Labute approximate surface area is 123 Å². The van der Waals surface area contributed by atoms with E-state index in [-0.39, 0.29) is 17.3 Å². The molecule has 0 unspecified atom stereocenters. The zero-order valence-electron chi connectivity index (χ0n) is 11.7. The lowest BCUT2D eigenvalue weighted by molar-refractivity contribution is 0.0950. The molecule has 7 heteroatoms. The second-order valence-corrected chi connectivity index (χ2v) is 6.59. The van der Waals surface area contributed by atoms with E-state index in [4.69, 9.17) is 0 Å². The summed E-state index contributed by atoms with van der Waals surface area (Å²) in [5, 5.41) is 2.72. The highest BCUT2D eigenvalue weighted by atomic mass is 32.2. The first-order chi connectivity index (χ1) is 9.86. The van der Waals surface area contributed by atoms with Gasteiger partial charge < -0.3 is 5.32 Å². The van der Waals surface area contributed by atoms with Gasteiger partial charge >= 0.3 is 0 Å². The highest BCUT2D eigenvalue weighted by Crippen LogP contribution is 2.10. The summed E-state index contributed by atoms with van der Waals surface area (Å²) in [4.78, 5) is 20.3. The molecule has 0 radical (unpaired) electrons. The number of benzene rings is 1. The van der Waals surface area contributed by atoms with Gasteiger partial charge in [-0.25, -0.2) is 18.4 Å². The first-order valence-electron chi connectivity index (χ1n) is 6.23. The molecule has 110 valence electrons. The highest BCUT2D eigenvalue weighted by molar-refractivity contribution is 7.90. The molecule has 6 nitrogen and oxygen atoms in total. The third kappa shape index (κ3) is 4.09. The molecule has 1 N–H and O–H groups in total. The Morgan fingerprint density at radius 2 is 1.86 bits per heavy atom. The first-order valence-corrected chi connectivity index (χ1v) is 8.12. The van der Waals surface area contributed by atoms with E-state index < -0.39 is 9.84 Å². The predicted molar refractivity (Wildman–Crippen MR) is 77.5 cm³/mol. The monoisotopic (exact) mass is 305 g/mol. The van der Waals surface area contributed by atoms with Crippen molar-refractivity contribution in [3.63, 3.8) is 0 Å². The number of amides is 1. The smallest absolute Gasteiger partial charge is 0.251 e. The van der Waals surface area contributed by atoms with E-state index in [9.17, 15) is 13.2 Å². The third-order valence-electron chi connectivity index (χ3n) is 2.81. The maximum atomic E-state index is 12.0. The molecule has 1 aromatic carbocycles. The van der Waals surface area contributed by atoms with Crippen molar-refractivity contribution in [3.05, 3.63) is 53.6 Å². The fourth-order valence-electron chi connectivity index (χ4n) is 1.73. The van der Waals surface area contributed by atoms with Crippen LogP contribution >= 0.6 is 0 Å². The predicted octanol–water partition coefficient (Wildman–Crippen LogP) is 1.12. The molecule has 0 aliphatic rings. The number of nitrogens with one attached hydrogen (secondary N) is 1.